The normalized spacial score (nSPS) is 18.4. The number of amides is 2. The number of likely N-dealkylation sites (N-methyl/N-ethyl adjacent to an activating group) is 1. The summed E-state index contributed by atoms with van der Waals surface area (Å²) in [6.07, 6.45) is 2.97. The quantitative estimate of drug-likeness (QED) is 0.342. The maximum absolute atomic E-state index is 11.7. The molecule has 2 amide bonds. The molecule has 0 fully saturated rings. The average molecular weight is 490 g/mol. The fourth-order valence-corrected chi connectivity index (χ4v) is 3.97. The number of hydrogen-bond donors (Lipinski definition) is 2. The van der Waals surface area contributed by atoms with Gasteiger partial charge in [0, 0.05) is 70.1 Å². The monoisotopic (exact) mass is 489 g/mol. The Bertz CT molecular complexity index is 965. The Kier molecular flexibility index (Phi) is 9.29. The number of nitrogens with zero attached hydrogens (tertiary/aromatic N) is 5. The van der Waals surface area contributed by atoms with Gasteiger partial charge in [-0.15, -0.1) is 0 Å². The van der Waals surface area contributed by atoms with Gasteiger partial charge in [-0.1, -0.05) is 0 Å². The molecule has 35 heavy (non-hydrogen) atoms. The van der Waals surface area contributed by atoms with E-state index in [1.54, 1.807) is 15.9 Å². The number of pyridine rings is 1. The minimum Gasteiger partial charge on any atom is -0.493 e. The third-order valence-electron chi connectivity index (χ3n) is 5.67. The summed E-state index contributed by atoms with van der Waals surface area (Å²) in [5.41, 5.74) is 1.39. The van der Waals surface area contributed by atoms with E-state index in [9.17, 15) is 29.4 Å². The number of aromatic nitrogens is 1. The molecule has 1 aromatic rings. The van der Waals surface area contributed by atoms with Gasteiger partial charge in [0.2, 0.25) is 0 Å². The molecule has 0 atom stereocenters. The summed E-state index contributed by atoms with van der Waals surface area (Å²) in [6.45, 7) is 2.94. The van der Waals surface area contributed by atoms with Gasteiger partial charge >= 0.3 is 11.9 Å². The van der Waals surface area contributed by atoms with Crippen LogP contribution in [0.15, 0.2) is 24.3 Å². The SMILES string of the molecule is CN1CCN(CC(=O)O)CCN(CC(=O)O)Cc2cc(OCCCN3C(=O)C=CC3=O)cc(n2)C1. The smallest absolute Gasteiger partial charge is 0.317 e. The summed E-state index contributed by atoms with van der Waals surface area (Å²) >= 11 is 0. The summed E-state index contributed by atoms with van der Waals surface area (Å²) in [5.74, 6) is -1.97. The number of carbonyl (C=O) groups is 4. The zero-order valence-corrected chi connectivity index (χ0v) is 19.8. The maximum Gasteiger partial charge on any atom is 0.317 e. The van der Waals surface area contributed by atoms with Crippen LogP contribution in [0.1, 0.15) is 17.8 Å². The molecule has 12 nitrogen and oxygen atoms in total. The zero-order chi connectivity index (χ0) is 25.4. The fraction of sp³-hybridized carbons (Fsp3) is 0.522. The van der Waals surface area contributed by atoms with Crippen LogP contribution in [0, 0.1) is 0 Å². The fourth-order valence-electron chi connectivity index (χ4n) is 3.97. The van der Waals surface area contributed by atoms with Crippen molar-refractivity contribution < 1.29 is 34.1 Å². The highest BCUT2D eigenvalue weighted by Crippen LogP contribution is 2.18. The van der Waals surface area contributed by atoms with E-state index in [-0.39, 0.29) is 38.0 Å². The van der Waals surface area contributed by atoms with Gasteiger partial charge in [-0.2, -0.15) is 0 Å². The van der Waals surface area contributed by atoms with Crippen LogP contribution in [0.5, 0.6) is 5.75 Å². The van der Waals surface area contributed by atoms with Crippen LogP contribution in [-0.4, -0.2) is 118 Å². The molecule has 0 aliphatic carbocycles. The lowest BCUT2D eigenvalue weighted by Gasteiger charge is -2.28. The van der Waals surface area contributed by atoms with Crippen LogP contribution in [0.25, 0.3) is 0 Å². The van der Waals surface area contributed by atoms with Gasteiger partial charge in [0.25, 0.3) is 11.8 Å². The highest BCUT2D eigenvalue weighted by atomic mass is 16.5. The molecule has 2 aliphatic rings. The van der Waals surface area contributed by atoms with Crippen molar-refractivity contribution in [3.63, 3.8) is 0 Å². The molecule has 190 valence electrons. The van der Waals surface area contributed by atoms with Crippen LogP contribution < -0.4 is 4.74 Å². The average Bonchev–Trinajstić information content (AvgIpc) is 3.09. The summed E-state index contributed by atoms with van der Waals surface area (Å²) in [7, 11) is 1.93. The number of rotatable bonds is 9. The lowest BCUT2D eigenvalue weighted by molar-refractivity contribution is -0.140. The number of fused-ring (bicyclic) bond motifs is 2. The third kappa shape index (κ3) is 8.42. The van der Waals surface area contributed by atoms with Crippen molar-refractivity contribution in [2.75, 3.05) is 59.5 Å². The van der Waals surface area contributed by atoms with E-state index in [0.717, 1.165) is 10.6 Å². The Morgan fingerprint density at radius 1 is 0.914 bits per heavy atom. The first kappa shape index (κ1) is 26.3. The minimum absolute atomic E-state index is 0.110. The second-order valence-corrected chi connectivity index (χ2v) is 8.66. The lowest BCUT2D eigenvalue weighted by atomic mass is 10.2. The molecule has 3 heterocycles. The van der Waals surface area contributed by atoms with Crippen molar-refractivity contribution in [2.24, 2.45) is 0 Å². The molecule has 0 aromatic carbocycles. The predicted octanol–water partition coefficient (Wildman–Crippen LogP) is -0.506. The Balaban J connectivity index is 1.69. The number of aliphatic carboxylic acids is 2. The van der Waals surface area contributed by atoms with Crippen LogP contribution in [-0.2, 0) is 32.3 Å². The Morgan fingerprint density at radius 3 is 2.14 bits per heavy atom. The van der Waals surface area contributed by atoms with Gasteiger partial charge in [-0.3, -0.25) is 43.8 Å². The first-order valence-electron chi connectivity index (χ1n) is 11.4. The Hall–Kier alpha value is -3.35. The highest BCUT2D eigenvalue weighted by molar-refractivity contribution is 6.12. The first-order chi connectivity index (χ1) is 16.7. The molecule has 2 aliphatic heterocycles. The van der Waals surface area contributed by atoms with Crippen molar-refractivity contribution in [3.05, 3.63) is 35.7 Å². The first-order valence-corrected chi connectivity index (χ1v) is 11.4. The number of hydrogen-bond acceptors (Lipinski definition) is 9. The summed E-state index contributed by atoms with van der Waals surface area (Å²) in [5, 5.41) is 18.6. The van der Waals surface area contributed by atoms with Gasteiger partial charge in [-0.05, 0) is 13.5 Å². The molecule has 0 saturated carbocycles. The maximum atomic E-state index is 11.7. The van der Waals surface area contributed by atoms with E-state index in [1.165, 1.54) is 12.2 Å². The standard InChI is InChI=1S/C23H31N5O7/c1-25-6-7-26(15-22(31)32)8-9-27(16-23(33)34)14-18-12-19(11-17(13-25)24-18)35-10-2-5-28-20(29)3-4-21(28)30/h3-4,11-12H,2,5-10,13-16H2,1H3,(H,31,32)(H,33,34). The number of imide groups is 1. The van der Waals surface area contributed by atoms with Crippen LogP contribution in [0.2, 0.25) is 0 Å². The minimum atomic E-state index is -0.977. The Morgan fingerprint density at radius 2 is 1.49 bits per heavy atom. The molecule has 0 radical (unpaired) electrons. The van der Waals surface area contributed by atoms with E-state index < -0.39 is 11.9 Å². The van der Waals surface area contributed by atoms with Crippen molar-refractivity contribution in [1.29, 1.82) is 0 Å². The highest BCUT2D eigenvalue weighted by Gasteiger charge is 2.22. The second kappa shape index (κ2) is 12.4. The summed E-state index contributed by atoms with van der Waals surface area (Å²) in [6, 6.07) is 3.57. The third-order valence-corrected chi connectivity index (χ3v) is 5.67. The van der Waals surface area contributed by atoms with Crippen molar-refractivity contribution in [3.8, 4) is 5.75 Å². The molecule has 3 rings (SSSR count). The van der Waals surface area contributed by atoms with E-state index >= 15 is 0 Å². The summed E-state index contributed by atoms with van der Waals surface area (Å²) < 4.78 is 5.89. The number of carbonyl (C=O) groups excluding carboxylic acids is 2. The van der Waals surface area contributed by atoms with Gasteiger partial charge in [0.1, 0.15) is 5.75 Å². The number of carboxylic acid groups (broad SMARTS) is 2. The van der Waals surface area contributed by atoms with Crippen molar-refractivity contribution >= 4 is 23.8 Å². The topological polar surface area (TPSA) is 144 Å². The lowest BCUT2D eigenvalue weighted by Crippen LogP contribution is -2.42. The van der Waals surface area contributed by atoms with Crippen LogP contribution >= 0.6 is 0 Å². The molecule has 0 spiro atoms. The molecular weight excluding hydrogens is 458 g/mol. The van der Waals surface area contributed by atoms with E-state index in [4.69, 9.17) is 4.74 Å². The molecule has 0 unspecified atom stereocenters. The second-order valence-electron chi connectivity index (χ2n) is 8.66. The molecule has 1 aromatic heterocycles. The predicted molar refractivity (Wildman–Crippen MR) is 124 cm³/mol. The largest absolute Gasteiger partial charge is 0.493 e. The molecule has 0 saturated heterocycles. The van der Waals surface area contributed by atoms with E-state index in [0.29, 0.717) is 57.2 Å². The zero-order valence-electron chi connectivity index (χ0n) is 19.8. The van der Waals surface area contributed by atoms with E-state index in [1.807, 2.05) is 18.0 Å². The Labute approximate surface area is 203 Å². The van der Waals surface area contributed by atoms with Gasteiger partial charge in [0.05, 0.1) is 31.1 Å². The van der Waals surface area contributed by atoms with Gasteiger partial charge in [-0.25, -0.2) is 0 Å². The van der Waals surface area contributed by atoms with Crippen molar-refractivity contribution in [1.82, 2.24) is 24.6 Å². The van der Waals surface area contributed by atoms with Gasteiger partial charge < -0.3 is 14.9 Å². The van der Waals surface area contributed by atoms with Crippen LogP contribution in [0.3, 0.4) is 0 Å². The van der Waals surface area contributed by atoms with Gasteiger partial charge in [0.15, 0.2) is 0 Å². The van der Waals surface area contributed by atoms with Crippen molar-refractivity contribution in [2.45, 2.75) is 19.5 Å². The molecule has 2 bridgehead atoms. The van der Waals surface area contributed by atoms with E-state index in [2.05, 4.69) is 4.98 Å². The van der Waals surface area contributed by atoms with Crippen LogP contribution in [0.4, 0.5) is 0 Å². The molecular formula is C23H31N5O7. The molecule has 2 N–H and O–H groups in total. The number of ether oxygens (including phenoxy) is 1. The summed E-state index contributed by atoms with van der Waals surface area (Å²) in [4.78, 5) is 57.4. The number of carboxylic acids is 2. The molecule has 12 heteroatoms.